The quantitative estimate of drug-likeness (QED) is 0.385. The van der Waals surface area contributed by atoms with Crippen LogP contribution in [-0.2, 0) is 14.3 Å². The Labute approximate surface area is 89.0 Å². The zero-order chi connectivity index (χ0) is 11.8. The molecule has 0 aromatic heterocycles. The minimum atomic E-state index is -0.678. The summed E-state index contributed by atoms with van der Waals surface area (Å²) in [5.41, 5.74) is -0.350. The van der Waals surface area contributed by atoms with Gasteiger partial charge in [-0.2, -0.15) is 0 Å². The number of ether oxygens (including phenoxy) is 1. The molecular formula is C10H16N2O3. The van der Waals surface area contributed by atoms with Crippen molar-refractivity contribution in [3.05, 3.63) is 11.8 Å². The Morgan fingerprint density at radius 1 is 1.40 bits per heavy atom. The van der Waals surface area contributed by atoms with Gasteiger partial charge in [0.05, 0.1) is 7.11 Å². The highest BCUT2D eigenvalue weighted by atomic mass is 16.5. The van der Waals surface area contributed by atoms with E-state index in [1.165, 1.54) is 13.3 Å². The van der Waals surface area contributed by atoms with Crippen LogP contribution in [0.2, 0.25) is 0 Å². The van der Waals surface area contributed by atoms with E-state index in [2.05, 4.69) is 10.1 Å². The predicted molar refractivity (Wildman–Crippen MR) is 56.8 cm³/mol. The third kappa shape index (κ3) is 3.93. The van der Waals surface area contributed by atoms with E-state index in [1.54, 1.807) is 6.92 Å². The van der Waals surface area contributed by atoms with Gasteiger partial charge in [-0.1, -0.05) is 6.92 Å². The van der Waals surface area contributed by atoms with E-state index in [0.29, 0.717) is 6.54 Å². The number of hydrogen-bond donors (Lipinski definition) is 2. The molecule has 0 heterocycles. The van der Waals surface area contributed by atoms with Gasteiger partial charge in [0.2, 0.25) is 0 Å². The minimum absolute atomic E-state index is 0.0359. The maximum Gasteiger partial charge on any atom is 0.341 e. The van der Waals surface area contributed by atoms with E-state index in [9.17, 15) is 9.59 Å². The molecule has 0 spiro atoms. The average Bonchev–Trinajstić information content (AvgIpc) is 2.27. The summed E-state index contributed by atoms with van der Waals surface area (Å²) < 4.78 is 4.48. The number of rotatable bonds is 6. The Kier molecular flexibility index (Phi) is 6.01. The van der Waals surface area contributed by atoms with Crippen molar-refractivity contribution in [1.82, 2.24) is 5.32 Å². The fraction of sp³-hybridized carbons (Fsp3) is 0.500. The minimum Gasteiger partial charge on any atom is -0.465 e. The smallest absolute Gasteiger partial charge is 0.341 e. The van der Waals surface area contributed by atoms with Crippen molar-refractivity contribution in [3.8, 4) is 0 Å². The number of nitrogens with one attached hydrogen (secondary N) is 2. The number of ketones is 1. The molecule has 0 aliphatic rings. The van der Waals surface area contributed by atoms with Crippen molar-refractivity contribution in [2.24, 2.45) is 0 Å². The highest BCUT2D eigenvalue weighted by Crippen LogP contribution is 2.02. The summed E-state index contributed by atoms with van der Waals surface area (Å²) in [7, 11) is 1.21. The molecule has 0 fully saturated rings. The van der Waals surface area contributed by atoms with Gasteiger partial charge in [0, 0.05) is 19.2 Å². The molecule has 0 atom stereocenters. The molecule has 5 heteroatoms. The van der Waals surface area contributed by atoms with Gasteiger partial charge in [-0.15, -0.1) is 0 Å². The lowest BCUT2D eigenvalue weighted by Gasteiger charge is -2.05. The molecule has 5 nitrogen and oxygen atoms in total. The van der Waals surface area contributed by atoms with E-state index < -0.39 is 5.97 Å². The number of Topliss-reactive ketones (excluding diaryl/α,β-unsaturated/α-hetero) is 1. The standard InChI is InChI=1S/C10H16N2O3/c1-4-8(13)9(11)7(6-12-5-2)10(14)15-3/h6,11-12H,4-5H2,1-3H3/b7-6+,11-9?. The maximum atomic E-state index is 11.3. The molecule has 0 saturated heterocycles. The topological polar surface area (TPSA) is 79.3 Å². The van der Waals surface area contributed by atoms with E-state index in [-0.39, 0.29) is 23.5 Å². The van der Waals surface area contributed by atoms with Crippen LogP contribution < -0.4 is 5.32 Å². The van der Waals surface area contributed by atoms with Crippen molar-refractivity contribution in [2.45, 2.75) is 20.3 Å². The van der Waals surface area contributed by atoms with E-state index >= 15 is 0 Å². The van der Waals surface area contributed by atoms with Crippen molar-refractivity contribution < 1.29 is 14.3 Å². The van der Waals surface area contributed by atoms with E-state index in [1.807, 2.05) is 6.92 Å². The Hall–Kier alpha value is -1.65. The average molecular weight is 212 g/mol. The third-order valence-electron chi connectivity index (χ3n) is 1.73. The fourth-order valence-corrected chi connectivity index (χ4v) is 0.874. The first kappa shape index (κ1) is 13.4. The molecule has 0 aromatic rings. The second-order valence-corrected chi connectivity index (χ2v) is 2.76. The second-order valence-electron chi connectivity index (χ2n) is 2.76. The monoisotopic (exact) mass is 212 g/mol. The molecule has 0 aliphatic heterocycles. The zero-order valence-corrected chi connectivity index (χ0v) is 9.22. The number of esters is 1. The van der Waals surface area contributed by atoms with Crippen molar-refractivity contribution >= 4 is 17.5 Å². The van der Waals surface area contributed by atoms with Gasteiger partial charge in [-0.3, -0.25) is 10.2 Å². The molecule has 0 radical (unpaired) electrons. The van der Waals surface area contributed by atoms with Crippen LogP contribution in [0.1, 0.15) is 20.3 Å². The summed E-state index contributed by atoms with van der Waals surface area (Å²) in [6.45, 7) is 4.09. The van der Waals surface area contributed by atoms with Crippen LogP contribution in [0, 0.1) is 5.41 Å². The van der Waals surface area contributed by atoms with Gasteiger partial charge in [-0.25, -0.2) is 4.79 Å². The SMILES string of the molecule is CCN/C=C(\C(=N)C(=O)CC)C(=O)OC. The lowest BCUT2D eigenvalue weighted by atomic mass is 10.1. The summed E-state index contributed by atoms with van der Waals surface area (Å²) in [6.07, 6.45) is 1.53. The Bertz CT molecular complexity index is 295. The molecule has 0 unspecified atom stereocenters. The number of carbonyl (C=O) groups is 2. The summed E-state index contributed by atoms with van der Waals surface area (Å²) >= 11 is 0. The first-order chi connectivity index (χ1) is 7.08. The molecule has 84 valence electrons. The molecule has 15 heavy (non-hydrogen) atoms. The van der Waals surface area contributed by atoms with Crippen LogP contribution in [-0.4, -0.2) is 31.1 Å². The summed E-state index contributed by atoms with van der Waals surface area (Å²) in [5.74, 6) is -1.06. The zero-order valence-electron chi connectivity index (χ0n) is 9.22. The van der Waals surface area contributed by atoms with Gasteiger partial charge in [-0.05, 0) is 6.92 Å². The Morgan fingerprint density at radius 3 is 2.40 bits per heavy atom. The van der Waals surface area contributed by atoms with Crippen LogP contribution in [0.3, 0.4) is 0 Å². The van der Waals surface area contributed by atoms with E-state index in [0.717, 1.165) is 0 Å². The van der Waals surface area contributed by atoms with Gasteiger partial charge in [0.25, 0.3) is 0 Å². The molecule has 0 aromatic carbocycles. The molecule has 2 N–H and O–H groups in total. The highest BCUT2D eigenvalue weighted by molar-refractivity contribution is 6.50. The van der Waals surface area contributed by atoms with Crippen LogP contribution in [0.4, 0.5) is 0 Å². The van der Waals surface area contributed by atoms with Crippen molar-refractivity contribution in [2.75, 3.05) is 13.7 Å². The molecular weight excluding hydrogens is 196 g/mol. The maximum absolute atomic E-state index is 11.3. The third-order valence-corrected chi connectivity index (χ3v) is 1.73. The van der Waals surface area contributed by atoms with Crippen molar-refractivity contribution in [3.63, 3.8) is 0 Å². The van der Waals surface area contributed by atoms with Gasteiger partial charge in [0.1, 0.15) is 11.3 Å². The Morgan fingerprint density at radius 2 is 2.00 bits per heavy atom. The van der Waals surface area contributed by atoms with E-state index in [4.69, 9.17) is 5.41 Å². The first-order valence-corrected chi connectivity index (χ1v) is 4.72. The molecule has 0 saturated carbocycles. The lowest BCUT2D eigenvalue weighted by molar-refractivity contribution is -0.135. The number of methoxy groups -OCH3 is 1. The molecule has 0 amide bonds. The number of carbonyl (C=O) groups excluding carboxylic acids is 2. The molecule has 0 rings (SSSR count). The molecule has 0 bridgehead atoms. The van der Waals surface area contributed by atoms with Crippen LogP contribution in [0.15, 0.2) is 11.8 Å². The normalized spacial score (nSPS) is 10.7. The Balaban J connectivity index is 4.86. The van der Waals surface area contributed by atoms with Gasteiger partial charge >= 0.3 is 5.97 Å². The van der Waals surface area contributed by atoms with Gasteiger partial charge in [0.15, 0.2) is 5.78 Å². The lowest BCUT2D eigenvalue weighted by Crippen LogP contribution is -2.23. The van der Waals surface area contributed by atoms with Crippen LogP contribution >= 0.6 is 0 Å². The fourth-order valence-electron chi connectivity index (χ4n) is 0.874. The second kappa shape index (κ2) is 6.75. The summed E-state index contributed by atoms with van der Waals surface area (Å²) in [5, 5.41) is 10.3. The van der Waals surface area contributed by atoms with Gasteiger partial charge < -0.3 is 10.1 Å². The van der Waals surface area contributed by atoms with Crippen molar-refractivity contribution in [1.29, 1.82) is 5.41 Å². The van der Waals surface area contributed by atoms with Crippen LogP contribution in [0.5, 0.6) is 0 Å². The molecule has 0 aliphatic carbocycles. The predicted octanol–water partition coefficient (Wildman–Crippen LogP) is 0.652. The van der Waals surface area contributed by atoms with Crippen LogP contribution in [0.25, 0.3) is 0 Å². The summed E-state index contributed by atoms with van der Waals surface area (Å²) in [6, 6.07) is 0. The number of hydrogen-bond acceptors (Lipinski definition) is 5. The highest BCUT2D eigenvalue weighted by Gasteiger charge is 2.20. The summed E-state index contributed by atoms with van der Waals surface area (Å²) in [4.78, 5) is 22.5. The largest absolute Gasteiger partial charge is 0.465 e. The first-order valence-electron chi connectivity index (χ1n) is 4.72.